The summed E-state index contributed by atoms with van der Waals surface area (Å²) in [6, 6.07) is 1.70. The highest BCUT2D eigenvalue weighted by Crippen LogP contribution is 2.10. The van der Waals surface area contributed by atoms with Crippen LogP contribution >= 0.6 is 0 Å². The molecule has 1 rings (SSSR count). The number of rotatable bonds is 7. The molecule has 0 saturated carbocycles. The topological polar surface area (TPSA) is 78.1 Å². The molecule has 1 heterocycles. The van der Waals surface area contributed by atoms with E-state index >= 15 is 0 Å². The fraction of sp³-hybridized carbons (Fsp3) is 0.700. The van der Waals surface area contributed by atoms with Crippen LogP contribution in [0.2, 0.25) is 0 Å². The van der Waals surface area contributed by atoms with Crippen LogP contribution in [0.1, 0.15) is 32.4 Å². The lowest BCUT2D eigenvalue weighted by atomic mass is 10.3. The summed E-state index contributed by atoms with van der Waals surface area (Å²) in [5, 5.41) is 6.66. The van der Waals surface area contributed by atoms with Crippen molar-refractivity contribution < 1.29 is 8.42 Å². The molecule has 6 nitrogen and oxygen atoms in total. The Balaban J connectivity index is 2.65. The van der Waals surface area contributed by atoms with Crippen LogP contribution < -0.4 is 4.72 Å². The number of aryl methyl sites for hydroxylation is 1. The number of nitrogens with zero attached hydrogens (tertiary/aromatic N) is 2. The van der Waals surface area contributed by atoms with Crippen molar-refractivity contribution in [3.05, 3.63) is 11.8 Å². The van der Waals surface area contributed by atoms with Gasteiger partial charge in [-0.1, -0.05) is 20.3 Å². The lowest BCUT2D eigenvalue weighted by molar-refractivity contribution is 0.463. The molecular weight excluding hydrogens is 240 g/mol. The maximum absolute atomic E-state index is 11.9. The molecule has 0 atom stereocenters. The van der Waals surface area contributed by atoms with Crippen molar-refractivity contribution in [1.82, 2.24) is 14.5 Å². The Morgan fingerprint density at radius 1 is 1.47 bits per heavy atom. The fourth-order valence-electron chi connectivity index (χ4n) is 1.31. The smallest absolute Gasteiger partial charge is 0.280 e. The zero-order valence-corrected chi connectivity index (χ0v) is 11.3. The highest BCUT2D eigenvalue weighted by atomic mass is 32.2. The van der Waals surface area contributed by atoms with Gasteiger partial charge in [0.1, 0.15) is 0 Å². The number of unbranched alkanes of at least 4 members (excludes halogenated alkanes) is 1. The Kier molecular flexibility index (Phi) is 4.95. The van der Waals surface area contributed by atoms with Gasteiger partial charge in [0.2, 0.25) is 0 Å². The van der Waals surface area contributed by atoms with Gasteiger partial charge < -0.3 is 0 Å². The first-order valence-corrected chi connectivity index (χ1v) is 7.22. The summed E-state index contributed by atoms with van der Waals surface area (Å²) < 4.78 is 27.5. The molecule has 2 N–H and O–H groups in total. The predicted octanol–water partition coefficient (Wildman–Crippen LogP) is 1.36. The number of H-pyrrole nitrogens is 1. The summed E-state index contributed by atoms with van der Waals surface area (Å²) in [7, 11) is -1.92. The normalized spacial score (nSPS) is 12.0. The summed E-state index contributed by atoms with van der Waals surface area (Å²) in [5.74, 6) is 0.338. The van der Waals surface area contributed by atoms with Crippen LogP contribution in [0.25, 0.3) is 0 Å². The third-order valence-corrected chi connectivity index (χ3v) is 3.95. The van der Waals surface area contributed by atoms with E-state index in [0.29, 0.717) is 12.4 Å². The van der Waals surface area contributed by atoms with E-state index in [1.54, 1.807) is 13.1 Å². The molecule has 1 aromatic heterocycles. The number of hydrogen-bond acceptors (Lipinski definition) is 3. The first-order valence-electron chi connectivity index (χ1n) is 5.78. The molecule has 0 aromatic carbocycles. The monoisotopic (exact) mass is 260 g/mol. The minimum absolute atomic E-state index is 0.338. The Hall–Kier alpha value is -1.08. The number of aromatic nitrogens is 2. The van der Waals surface area contributed by atoms with Gasteiger partial charge in [0.25, 0.3) is 0 Å². The van der Waals surface area contributed by atoms with Crippen LogP contribution in [0.15, 0.2) is 6.07 Å². The maximum atomic E-state index is 11.9. The predicted molar refractivity (Wildman–Crippen MR) is 68.0 cm³/mol. The Morgan fingerprint density at radius 2 is 2.18 bits per heavy atom. The van der Waals surface area contributed by atoms with Gasteiger partial charge in [-0.05, 0) is 12.8 Å². The summed E-state index contributed by atoms with van der Waals surface area (Å²) in [5.41, 5.74) is 0.902. The third kappa shape index (κ3) is 4.01. The molecule has 0 aliphatic rings. The molecule has 0 amide bonds. The van der Waals surface area contributed by atoms with E-state index in [1.807, 2.05) is 13.8 Å². The first kappa shape index (κ1) is 14.0. The Morgan fingerprint density at radius 3 is 2.71 bits per heavy atom. The molecule has 0 spiro atoms. The highest BCUT2D eigenvalue weighted by Gasteiger charge is 2.17. The van der Waals surface area contributed by atoms with Crippen molar-refractivity contribution in [2.45, 2.75) is 33.1 Å². The minimum Gasteiger partial charge on any atom is -0.280 e. The van der Waals surface area contributed by atoms with Crippen molar-refractivity contribution in [3.63, 3.8) is 0 Å². The second-order valence-electron chi connectivity index (χ2n) is 3.91. The SMILES string of the molecule is CCCCN(C)S(=O)(=O)Nc1cc(CC)[nH]n1. The maximum Gasteiger partial charge on any atom is 0.302 e. The molecule has 7 heteroatoms. The van der Waals surface area contributed by atoms with Crippen molar-refractivity contribution >= 4 is 16.0 Å². The number of hydrogen-bond donors (Lipinski definition) is 2. The zero-order chi connectivity index (χ0) is 12.9. The molecule has 98 valence electrons. The molecular formula is C10H20N4O2S. The molecule has 0 bridgehead atoms. The highest BCUT2D eigenvalue weighted by molar-refractivity contribution is 7.90. The standard InChI is InChI=1S/C10H20N4O2S/c1-4-6-7-14(3)17(15,16)13-10-8-9(5-2)11-12-10/h8H,4-7H2,1-3H3,(H2,11,12,13). The average molecular weight is 260 g/mol. The van der Waals surface area contributed by atoms with E-state index in [2.05, 4.69) is 14.9 Å². The first-order chi connectivity index (χ1) is 7.99. The molecule has 0 aliphatic carbocycles. The summed E-state index contributed by atoms with van der Waals surface area (Å²) in [6.07, 6.45) is 2.60. The molecule has 1 aromatic rings. The minimum atomic E-state index is -3.48. The van der Waals surface area contributed by atoms with E-state index in [9.17, 15) is 8.42 Å². The van der Waals surface area contributed by atoms with Crippen LogP contribution in [0.5, 0.6) is 0 Å². The van der Waals surface area contributed by atoms with Gasteiger partial charge >= 0.3 is 10.2 Å². The van der Waals surface area contributed by atoms with Crippen LogP contribution in [-0.2, 0) is 16.6 Å². The summed E-state index contributed by atoms with van der Waals surface area (Å²) >= 11 is 0. The van der Waals surface area contributed by atoms with Gasteiger partial charge in [0, 0.05) is 25.4 Å². The van der Waals surface area contributed by atoms with Gasteiger partial charge in [-0.15, -0.1) is 0 Å². The second-order valence-corrected chi connectivity index (χ2v) is 5.69. The lowest BCUT2D eigenvalue weighted by Gasteiger charge is -2.16. The largest absolute Gasteiger partial charge is 0.302 e. The number of nitrogens with one attached hydrogen (secondary N) is 2. The number of aromatic amines is 1. The van der Waals surface area contributed by atoms with E-state index in [-0.39, 0.29) is 0 Å². The van der Waals surface area contributed by atoms with Crippen LogP contribution in [-0.4, -0.2) is 36.5 Å². The van der Waals surface area contributed by atoms with Crippen molar-refractivity contribution in [1.29, 1.82) is 0 Å². The second kappa shape index (κ2) is 6.02. The number of anilines is 1. The molecule has 0 saturated heterocycles. The molecule has 17 heavy (non-hydrogen) atoms. The van der Waals surface area contributed by atoms with Gasteiger partial charge in [-0.25, -0.2) is 0 Å². The van der Waals surface area contributed by atoms with E-state index in [0.717, 1.165) is 25.0 Å². The van der Waals surface area contributed by atoms with Gasteiger partial charge in [0.05, 0.1) is 0 Å². The van der Waals surface area contributed by atoms with Crippen molar-refractivity contribution in [3.8, 4) is 0 Å². The van der Waals surface area contributed by atoms with E-state index in [4.69, 9.17) is 0 Å². The van der Waals surface area contributed by atoms with Crippen molar-refractivity contribution in [2.24, 2.45) is 0 Å². The van der Waals surface area contributed by atoms with E-state index < -0.39 is 10.2 Å². The van der Waals surface area contributed by atoms with Gasteiger partial charge in [-0.2, -0.15) is 17.8 Å². The van der Waals surface area contributed by atoms with Crippen LogP contribution in [0.3, 0.4) is 0 Å². The summed E-state index contributed by atoms with van der Waals surface area (Å²) in [4.78, 5) is 0. The van der Waals surface area contributed by atoms with Crippen molar-refractivity contribution in [2.75, 3.05) is 18.3 Å². The fourth-order valence-corrected chi connectivity index (χ4v) is 2.20. The molecule has 0 fully saturated rings. The Labute approximate surface area is 103 Å². The van der Waals surface area contributed by atoms with Gasteiger partial charge in [-0.3, -0.25) is 9.82 Å². The molecule has 0 aliphatic heterocycles. The quantitative estimate of drug-likeness (QED) is 0.777. The van der Waals surface area contributed by atoms with E-state index in [1.165, 1.54) is 4.31 Å². The zero-order valence-electron chi connectivity index (χ0n) is 10.5. The van der Waals surface area contributed by atoms with Crippen LogP contribution in [0, 0.1) is 0 Å². The molecule has 0 unspecified atom stereocenters. The average Bonchev–Trinajstić information content (AvgIpc) is 2.72. The lowest BCUT2D eigenvalue weighted by Crippen LogP contribution is -2.33. The Bertz CT molecular complexity index is 441. The van der Waals surface area contributed by atoms with Gasteiger partial charge in [0.15, 0.2) is 5.82 Å². The van der Waals surface area contributed by atoms with Crippen LogP contribution in [0.4, 0.5) is 5.82 Å². The molecule has 0 radical (unpaired) electrons. The third-order valence-electron chi connectivity index (χ3n) is 2.48. The summed E-state index contributed by atoms with van der Waals surface area (Å²) in [6.45, 7) is 4.51.